The molecule has 1 atom stereocenters. The van der Waals surface area contributed by atoms with Gasteiger partial charge in [-0.2, -0.15) is 0 Å². The molecule has 1 N–H and O–H groups in total. The quantitative estimate of drug-likeness (QED) is 0.798. The van der Waals surface area contributed by atoms with Crippen LogP contribution in [0, 0.1) is 0 Å². The third-order valence-corrected chi connectivity index (χ3v) is 2.63. The number of hydrogen-bond acceptors (Lipinski definition) is 3. The van der Waals surface area contributed by atoms with Gasteiger partial charge in [0, 0.05) is 18.2 Å². The predicted octanol–water partition coefficient (Wildman–Crippen LogP) is 1.51. The fourth-order valence-electron chi connectivity index (χ4n) is 1.40. The molecule has 1 rings (SSSR count). The molecular formula is C12H19NO2. The summed E-state index contributed by atoms with van der Waals surface area (Å²) >= 11 is 0. The molecule has 0 aliphatic carbocycles. The first-order valence-corrected chi connectivity index (χ1v) is 5.12. The fraction of sp³-hybridized carbons (Fsp3) is 0.500. The van der Waals surface area contributed by atoms with Crippen molar-refractivity contribution in [2.45, 2.75) is 19.5 Å². The maximum Gasteiger partial charge on any atom is 0.123 e. The summed E-state index contributed by atoms with van der Waals surface area (Å²) in [6.07, 6.45) is 0. The molecule has 0 spiro atoms. The van der Waals surface area contributed by atoms with E-state index < -0.39 is 0 Å². The summed E-state index contributed by atoms with van der Waals surface area (Å²) < 4.78 is 5.27. The molecule has 0 amide bonds. The molecule has 1 aromatic rings. The molecule has 1 aromatic carbocycles. The SMILES string of the molecule is COc1ccccc1CN(C)C(C)CO. The van der Waals surface area contributed by atoms with Crippen LogP contribution >= 0.6 is 0 Å². The van der Waals surface area contributed by atoms with Gasteiger partial charge in [-0.05, 0) is 20.0 Å². The molecule has 15 heavy (non-hydrogen) atoms. The van der Waals surface area contributed by atoms with Crippen molar-refractivity contribution >= 4 is 0 Å². The van der Waals surface area contributed by atoms with Crippen molar-refractivity contribution in [2.24, 2.45) is 0 Å². The van der Waals surface area contributed by atoms with E-state index in [0.717, 1.165) is 17.9 Å². The largest absolute Gasteiger partial charge is 0.496 e. The molecule has 0 fully saturated rings. The summed E-state index contributed by atoms with van der Waals surface area (Å²) in [5.41, 5.74) is 1.14. The van der Waals surface area contributed by atoms with Gasteiger partial charge in [0.1, 0.15) is 5.75 Å². The highest BCUT2D eigenvalue weighted by molar-refractivity contribution is 5.33. The van der Waals surface area contributed by atoms with Crippen molar-refractivity contribution < 1.29 is 9.84 Å². The highest BCUT2D eigenvalue weighted by Gasteiger charge is 2.10. The van der Waals surface area contributed by atoms with Crippen molar-refractivity contribution in [3.8, 4) is 5.75 Å². The van der Waals surface area contributed by atoms with Crippen LogP contribution in [0.25, 0.3) is 0 Å². The van der Waals surface area contributed by atoms with Crippen LogP contribution in [0.2, 0.25) is 0 Å². The fourth-order valence-corrected chi connectivity index (χ4v) is 1.40. The van der Waals surface area contributed by atoms with Gasteiger partial charge in [0.25, 0.3) is 0 Å². The zero-order valence-corrected chi connectivity index (χ0v) is 9.60. The molecule has 3 heteroatoms. The van der Waals surface area contributed by atoms with Gasteiger partial charge in [0.05, 0.1) is 13.7 Å². The minimum Gasteiger partial charge on any atom is -0.496 e. The molecular weight excluding hydrogens is 190 g/mol. The highest BCUT2D eigenvalue weighted by atomic mass is 16.5. The number of hydrogen-bond donors (Lipinski definition) is 1. The van der Waals surface area contributed by atoms with Gasteiger partial charge in [0.2, 0.25) is 0 Å². The summed E-state index contributed by atoms with van der Waals surface area (Å²) in [6.45, 7) is 2.95. The third-order valence-electron chi connectivity index (χ3n) is 2.63. The zero-order valence-electron chi connectivity index (χ0n) is 9.60. The number of aliphatic hydroxyl groups is 1. The van der Waals surface area contributed by atoms with E-state index in [1.165, 1.54) is 0 Å². The van der Waals surface area contributed by atoms with Crippen LogP contribution in [0.15, 0.2) is 24.3 Å². The second-order valence-corrected chi connectivity index (χ2v) is 3.76. The summed E-state index contributed by atoms with van der Waals surface area (Å²) in [6, 6.07) is 8.11. The topological polar surface area (TPSA) is 32.7 Å². The highest BCUT2D eigenvalue weighted by Crippen LogP contribution is 2.19. The predicted molar refractivity (Wildman–Crippen MR) is 61.0 cm³/mol. The maximum absolute atomic E-state index is 9.04. The van der Waals surface area contributed by atoms with Gasteiger partial charge < -0.3 is 9.84 Å². The first-order valence-electron chi connectivity index (χ1n) is 5.12. The zero-order chi connectivity index (χ0) is 11.3. The van der Waals surface area contributed by atoms with Crippen LogP contribution in [0.3, 0.4) is 0 Å². The van der Waals surface area contributed by atoms with Gasteiger partial charge in [0.15, 0.2) is 0 Å². The van der Waals surface area contributed by atoms with E-state index in [9.17, 15) is 0 Å². The summed E-state index contributed by atoms with van der Waals surface area (Å²) in [5, 5.41) is 9.04. The summed E-state index contributed by atoms with van der Waals surface area (Å²) in [5.74, 6) is 0.898. The summed E-state index contributed by atoms with van der Waals surface area (Å²) in [7, 11) is 3.67. The molecule has 0 bridgehead atoms. The lowest BCUT2D eigenvalue weighted by atomic mass is 10.1. The molecule has 0 aliphatic heterocycles. The standard InChI is InChI=1S/C12H19NO2/c1-10(9-14)13(2)8-11-6-4-5-7-12(11)15-3/h4-7,10,14H,8-9H2,1-3H3. The third kappa shape index (κ3) is 3.22. The first-order chi connectivity index (χ1) is 7.19. The second-order valence-electron chi connectivity index (χ2n) is 3.76. The number of benzene rings is 1. The summed E-state index contributed by atoms with van der Waals surface area (Å²) in [4.78, 5) is 2.10. The normalized spacial score (nSPS) is 12.9. The molecule has 0 saturated heterocycles. The van der Waals surface area contributed by atoms with E-state index in [-0.39, 0.29) is 12.6 Å². The van der Waals surface area contributed by atoms with Crippen molar-refractivity contribution in [2.75, 3.05) is 20.8 Å². The maximum atomic E-state index is 9.04. The Hall–Kier alpha value is -1.06. The van der Waals surface area contributed by atoms with E-state index in [4.69, 9.17) is 9.84 Å². The molecule has 3 nitrogen and oxygen atoms in total. The molecule has 0 saturated carbocycles. The molecule has 1 unspecified atom stereocenters. The van der Waals surface area contributed by atoms with Crippen LogP contribution in [0.4, 0.5) is 0 Å². The molecule has 0 heterocycles. The Balaban J connectivity index is 2.71. The van der Waals surface area contributed by atoms with Crippen molar-refractivity contribution in [3.63, 3.8) is 0 Å². The second kappa shape index (κ2) is 5.73. The minimum absolute atomic E-state index is 0.162. The van der Waals surface area contributed by atoms with Gasteiger partial charge in [-0.25, -0.2) is 0 Å². The van der Waals surface area contributed by atoms with Crippen molar-refractivity contribution in [3.05, 3.63) is 29.8 Å². The number of likely N-dealkylation sites (N-methyl/N-ethyl adjacent to an activating group) is 1. The van der Waals surface area contributed by atoms with Gasteiger partial charge in [-0.3, -0.25) is 4.90 Å². The molecule has 0 aliphatic rings. The Morgan fingerprint density at radius 3 is 2.67 bits per heavy atom. The number of para-hydroxylation sites is 1. The average Bonchev–Trinajstić information content (AvgIpc) is 2.28. The lowest BCUT2D eigenvalue weighted by molar-refractivity contribution is 0.153. The average molecular weight is 209 g/mol. The lowest BCUT2D eigenvalue weighted by Crippen LogP contribution is -2.31. The van der Waals surface area contributed by atoms with Crippen LogP contribution in [0.1, 0.15) is 12.5 Å². The number of methoxy groups -OCH3 is 1. The van der Waals surface area contributed by atoms with E-state index in [0.29, 0.717) is 0 Å². The van der Waals surface area contributed by atoms with Crippen LogP contribution in [-0.4, -0.2) is 36.8 Å². The minimum atomic E-state index is 0.162. The smallest absolute Gasteiger partial charge is 0.123 e. The number of aliphatic hydroxyl groups excluding tert-OH is 1. The number of nitrogens with zero attached hydrogens (tertiary/aromatic N) is 1. The Morgan fingerprint density at radius 1 is 1.40 bits per heavy atom. The van der Waals surface area contributed by atoms with Gasteiger partial charge in [-0.1, -0.05) is 18.2 Å². The number of rotatable bonds is 5. The first kappa shape index (κ1) is 12.0. The Bertz CT molecular complexity index is 301. The molecule has 0 radical (unpaired) electrons. The van der Waals surface area contributed by atoms with Crippen molar-refractivity contribution in [1.82, 2.24) is 4.90 Å². The van der Waals surface area contributed by atoms with E-state index >= 15 is 0 Å². The lowest BCUT2D eigenvalue weighted by Gasteiger charge is -2.23. The molecule has 0 aromatic heterocycles. The van der Waals surface area contributed by atoms with Crippen LogP contribution in [-0.2, 0) is 6.54 Å². The van der Waals surface area contributed by atoms with Crippen LogP contribution in [0.5, 0.6) is 5.75 Å². The number of ether oxygens (including phenoxy) is 1. The van der Waals surface area contributed by atoms with E-state index in [1.54, 1.807) is 7.11 Å². The van der Waals surface area contributed by atoms with E-state index in [2.05, 4.69) is 4.90 Å². The molecule has 84 valence electrons. The monoisotopic (exact) mass is 209 g/mol. The van der Waals surface area contributed by atoms with Crippen LogP contribution < -0.4 is 4.74 Å². The van der Waals surface area contributed by atoms with E-state index in [1.807, 2.05) is 38.2 Å². The van der Waals surface area contributed by atoms with Gasteiger partial charge in [-0.15, -0.1) is 0 Å². The van der Waals surface area contributed by atoms with Crippen molar-refractivity contribution in [1.29, 1.82) is 0 Å². The van der Waals surface area contributed by atoms with Gasteiger partial charge >= 0.3 is 0 Å². The Labute approximate surface area is 91.3 Å². The Morgan fingerprint density at radius 2 is 2.07 bits per heavy atom. The Kier molecular flexibility index (Phi) is 4.59.